The predicted molar refractivity (Wildman–Crippen MR) is 99.1 cm³/mol. The van der Waals surface area contributed by atoms with E-state index >= 15 is 0 Å². The van der Waals surface area contributed by atoms with E-state index in [-0.39, 0.29) is 11.7 Å². The molecule has 0 bridgehead atoms. The zero-order valence-electron chi connectivity index (χ0n) is 13.9. The molecule has 1 atom stereocenters. The van der Waals surface area contributed by atoms with Gasteiger partial charge in [-0.2, -0.15) is 5.10 Å². The summed E-state index contributed by atoms with van der Waals surface area (Å²) in [6, 6.07) is 11.2. The maximum Gasteiger partial charge on any atom is 0.181 e. The molecule has 0 aliphatic rings. The summed E-state index contributed by atoms with van der Waals surface area (Å²) in [5.74, 6) is 0.823. The summed E-state index contributed by atoms with van der Waals surface area (Å²) in [7, 11) is 1.83. The van der Waals surface area contributed by atoms with Gasteiger partial charge in [0.15, 0.2) is 11.4 Å². The van der Waals surface area contributed by atoms with Gasteiger partial charge < -0.3 is 10.4 Å². The van der Waals surface area contributed by atoms with Crippen molar-refractivity contribution >= 4 is 23.1 Å². The second-order valence-electron chi connectivity index (χ2n) is 5.50. The number of thioether (sulfide) groups is 1. The highest BCUT2D eigenvalue weighted by Crippen LogP contribution is 2.31. The van der Waals surface area contributed by atoms with Gasteiger partial charge in [-0.3, -0.25) is 4.79 Å². The molecule has 0 radical (unpaired) electrons. The number of rotatable bonds is 6. The molecule has 25 heavy (non-hydrogen) atoms. The molecule has 2 heterocycles. The van der Waals surface area contributed by atoms with Crippen LogP contribution in [-0.2, 0) is 4.79 Å². The van der Waals surface area contributed by atoms with Crippen LogP contribution in [0.15, 0.2) is 53.7 Å². The zero-order chi connectivity index (χ0) is 17.8. The lowest BCUT2D eigenvalue weighted by Gasteiger charge is -2.13. The van der Waals surface area contributed by atoms with Crippen LogP contribution in [0.5, 0.6) is 5.75 Å². The first-order chi connectivity index (χ1) is 12.1. The number of carbonyl (C=O) groups is 1. The van der Waals surface area contributed by atoms with Crippen LogP contribution >= 0.6 is 11.8 Å². The van der Waals surface area contributed by atoms with Crippen LogP contribution in [0.25, 0.3) is 5.82 Å². The summed E-state index contributed by atoms with van der Waals surface area (Å²) in [5, 5.41) is 17.0. The van der Waals surface area contributed by atoms with Crippen molar-refractivity contribution in [3.05, 3.63) is 60.0 Å². The monoisotopic (exact) mass is 354 g/mol. The Balaban J connectivity index is 1.88. The number of hydrogen-bond donors (Lipinski definition) is 2. The fraction of sp³-hybridized carbons (Fsp3) is 0.167. The fourth-order valence-electron chi connectivity index (χ4n) is 2.55. The molecule has 1 aromatic carbocycles. The van der Waals surface area contributed by atoms with Gasteiger partial charge in [0.1, 0.15) is 5.75 Å². The number of nitrogens with zero attached hydrogens (tertiary/aromatic N) is 3. The molecule has 2 aromatic heterocycles. The number of hydrogen-bond acceptors (Lipinski definition) is 6. The van der Waals surface area contributed by atoms with Crippen molar-refractivity contribution in [3.63, 3.8) is 0 Å². The van der Waals surface area contributed by atoms with E-state index in [1.807, 2.05) is 37.5 Å². The molecular weight excluding hydrogens is 336 g/mol. The minimum atomic E-state index is 0.0651. The SMILES string of the molecule is CNc1ccc(C(C)c2ccn(-c3ccc(O)cn3)n2)cc1SC=O. The number of nitrogens with one attached hydrogen (secondary N) is 1. The Morgan fingerprint density at radius 2 is 2.12 bits per heavy atom. The Kier molecular flexibility index (Phi) is 5.04. The van der Waals surface area contributed by atoms with Gasteiger partial charge >= 0.3 is 0 Å². The molecule has 0 spiro atoms. The van der Waals surface area contributed by atoms with E-state index in [1.54, 1.807) is 16.8 Å². The minimum absolute atomic E-state index is 0.0651. The summed E-state index contributed by atoms with van der Waals surface area (Å²) in [4.78, 5) is 15.9. The molecule has 3 rings (SSSR count). The number of benzene rings is 1. The van der Waals surface area contributed by atoms with Gasteiger partial charge in [0.25, 0.3) is 0 Å². The highest BCUT2D eigenvalue weighted by Gasteiger charge is 2.14. The summed E-state index contributed by atoms with van der Waals surface area (Å²) >= 11 is 1.15. The smallest absolute Gasteiger partial charge is 0.181 e. The van der Waals surface area contributed by atoms with Crippen molar-refractivity contribution in [3.8, 4) is 11.6 Å². The van der Waals surface area contributed by atoms with Crippen LogP contribution in [-0.4, -0.2) is 32.5 Å². The van der Waals surface area contributed by atoms with E-state index in [4.69, 9.17) is 0 Å². The lowest BCUT2D eigenvalue weighted by Crippen LogP contribution is -2.02. The molecule has 0 aliphatic carbocycles. The van der Waals surface area contributed by atoms with Crippen molar-refractivity contribution in [2.24, 2.45) is 0 Å². The van der Waals surface area contributed by atoms with Gasteiger partial charge in [0.05, 0.1) is 11.9 Å². The average molecular weight is 354 g/mol. The third-order valence-electron chi connectivity index (χ3n) is 3.97. The number of pyridine rings is 1. The third kappa shape index (κ3) is 3.66. The highest BCUT2D eigenvalue weighted by atomic mass is 32.2. The van der Waals surface area contributed by atoms with Crippen molar-refractivity contribution in [2.45, 2.75) is 17.7 Å². The number of anilines is 1. The van der Waals surface area contributed by atoms with Crippen molar-refractivity contribution < 1.29 is 9.90 Å². The third-order valence-corrected chi connectivity index (χ3v) is 4.66. The molecule has 2 N–H and O–H groups in total. The topological polar surface area (TPSA) is 80.0 Å². The van der Waals surface area contributed by atoms with Gasteiger partial charge in [-0.05, 0) is 35.9 Å². The Labute approximate surface area is 149 Å². The molecule has 0 fully saturated rings. The molecule has 3 aromatic rings. The summed E-state index contributed by atoms with van der Waals surface area (Å²) < 4.78 is 1.67. The maximum absolute atomic E-state index is 10.9. The van der Waals surface area contributed by atoms with E-state index < -0.39 is 0 Å². The van der Waals surface area contributed by atoms with Crippen LogP contribution < -0.4 is 5.32 Å². The lowest BCUT2D eigenvalue weighted by atomic mass is 9.98. The second kappa shape index (κ2) is 7.40. The highest BCUT2D eigenvalue weighted by molar-refractivity contribution is 8.12. The Morgan fingerprint density at radius 3 is 2.80 bits per heavy atom. The number of aromatic hydroxyl groups is 1. The van der Waals surface area contributed by atoms with Crippen molar-refractivity contribution in [2.75, 3.05) is 12.4 Å². The van der Waals surface area contributed by atoms with Gasteiger partial charge in [0.2, 0.25) is 0 Å². The van der Waals surface area contributed by atoms with E-state index in [0.29, 0.717) is 5.82 Å². The second-order valence-corrected chi connectivity index (χ2v) is 6.37. The van der Waals surface area contributed by atoms with Crippen LogP contribution in [0.3, 0.4) is 0 Å². The molecule has 1 unspecified atom stereocenters. The molecule has 0 saturated carbocycles. The minimum Gasteiger partial charge on any atom is -0.506 e. The van der Waals surface area contributed by atoms with Gasteiger partial charge in [-0.1, -0.05) is 24.8 Å². The van der Waals surface area contributed by atoms with E-state index in [2.05, 4.69) is 22.3 Å². The molecule has 128 valence electrons. The van der Waals surface area contributed by atoms with Crippen LogP contribution in [0.1, 0.15) is 24.1 Å². The Hall–Kier alpha value is -2.80. The molecule has 0 saturated heterocycles. The van der Waals surface area contributed by atoms with E-state index in [9.17, 15) is 9.90 Å². The molecule has 7 heteroatoms. The van der Waals surface area contributed by atoms with Gasteiger partial charge in [0, 0.05) is 29.7 Å². The molecule has 6 nitrogen and oxygen atoms in total. The van der Waals surface area contributed by atoms with Crippen LogP contribution in [0.4, 0.5) is 5.69 Å². The van der Waals surface area contributed by atoms with Crippen LogP contribution in [0, 0.1) is 0 Å². The molecular formula is C18H18N4O2S. The number of aromatic nitrogens is 3. The zero-order valence-corrected chi connectivity index (χ0v) is 14.7. The predicted octanol–water partition coefficient (Wildman–Crippen LogP) is 3.45. The molecule has 0 aliphatic heterocycles. The molecule has 0 amide bonds. The summed E-state index contributed by atoms with van der Waals surface area (Å²) in [6.45, 7) is 2.07. The quantitative estimate of drug-likeness (QED) is 0.521. The van der Waals surface area contributed by atoms with E-state index in [0.717, 1.165) is 39.2 Å². The largest absolute Gasteiger partial charge is 0.506 e. The first-order valence-corrected chi connectivity index (χ1v) is 8.63. The van der Waals surface area contributed by atoms with Crippen molar-refractivity contribution in [1.82, 2.24) is 14.8 Å². The standard InChI is InChI=1S/C18H18N4O2S/c1-12(13-3-5-16(19-2)17(9-13)25-11-23)15-7-8-22(21-15)18-6-4-14(24)10-20-18/h3-12,19,24H,1-2H3. The van der Waals surface area contributed by atoms with E-state index in [1.165, 1.54) is 6.20 Å². The fourth-order valence-corrected chi connectivity index (χ4v) is 3.15. The average Bonchev–Trinajstić information content (AvgIpc) is 3.12. The van der Waals surface area contributed by atoms with Gasteiger partial charge in [-0.15, -0.1) is 0 Å². The first kappa shape index (κ1) is 17.0. The first-order valence-electron chi connectivity index (χ1n) is 7.75. The summed E-state index contributed by atoms with van der Waals surface area (Å²) in [6.07, 6.45) is 3.23. The Bertz CT molecular complexity index is 877. The van der Waals surface area contributed by atoms with Crippen molar-refractivity contribution in [1.29, 1.82) is 0 Å². The summed E-state index contributed by atoms with van der Waals surface area (Å²) in [5.41, 5.74) is 3.73. The Morgan fingerprint density at radius 1 is 1.28 bits per heavy atom. The normalized spacial score (nSPS) is 11.9. The van der Waals surface area contributed by atoms with Crippen LogP contribution in [0.2, 0.25) is 0 Å². The lowest BCUT2D eigenvalue weighted by molar-refractivity contribution is 0.472. The van der Waals surface area contributed by atoms with Gasteiger partial charge in [-0.25, -0.2) is 9.67 Å². The number of carbonyl (C=O) groups excluding carboxylic acids is 1. The maximum atomic E-state index is 10.9.